The van der Waals surface area contributed by atoms with Gasteiger partial charge in [0.25, 0.3) is 10.1 Å². The molecule has 0 aliphatic rings. The molecule has 0 rings (SSSR count). The third kappa shape index (κ3) is 22.6. The first-order valence-electron chi connectivity index (χ1n) is 2.62. The Balaban J connectivity index is -0.000000107. The van der Waals surface area contributed by atoms with Gasteiger partial charge in [-0.15, -0.1) is 0 Å². The van der Waals surface area contributed by atoms with Crippen LogP contribution in [0, 0.1) is 0 Å². The highest BCUT2D eigenvalue weighted by molar-refractivity contribution is 7.85. The zero-order valence-corrected chi connectivity index (χ0v) is 7.56. The molecule has 0 saturated heterocycles. The summed E-state index contributed by atoms with van der Waals surface area (Å²) in [6.45, 7) is 1.69. The van der Waals surface area contributed by atoms with Crippen LogP contribution in [0.3, 0.4) is 0 Å². The average Bonchev–Trinajstić information content (AvgIpc) is 1.59. The molecule has 0 heterocycles. The van der Waals surface area contributed by atoms with Crippen LogP contribution in [0.25, 0.3) is 0 Å². The van der Waals surface area contributed by atoms with Crippen LogP contribution >= 0.6 is 0 Å². The average molecular weight is 207 g/mol. The Labute approximate surface area is 71.2 Å². The smallest absolute Gasteiger partial charge is 0.264 e. The van der Waals surface area contributed by atoms with Crippen molar-refractivity contribution in [3.8, 4) is 0 Å². The minimum Gasteiger partial charge on any atom is -0.412 e. The minimum absolute atomic E-state index is 0. The van der Waals surface area contributed by atoms with Crippen LogP contribution in [-0.2, 0) is 10.1 Å². The summed E-state index contributed by atoms with van der Waals surface area (Å²) < 4.78 is 28.3. The van der Waals surface area contributed by atoms with Crippen LogP contribution in [0.2, 0.25) is 0 Å². The number of nitrogens with two attached hydrogens (primary N) is 1. The minimum atomic E-state index is -3.80. The van der Waals surface area contributed by atoms with E-state index in [-0.39, 0.29) is 28.2 Å². The lowest BCUT2D eigenvalue weighted by molar-refractivity contribution is 0.478. The molecule has 12 heavy (non-hydrogen) atoms. The molecular weight excluding hydrogens is 190 g/mol. The first-order chi connectivity index (χ1) is 3.92. The fourth-order valence-electron chi connectivity index (χ4n) is 0.335. The van der Waals surface area contributed by atoms with Gasteiger partial charge in [0.2, 0.25) is 0 Å². The Morgan fingerprint density at radius 1 is 1.33 bits per heavy atom. The van der Waals surface area contributed by atoms with Gasteiger partial charge in [0, 0.05) is 6.04 Å². The Morgan fingerprint density at radius 2 is 1.67 bits per heavy atom. The fourth-order valence-corrected chi connectivity index (χ4v) is 1.00. The maximum absolute atomic E-state index is 10.0. The molecule has 0 fully saturated rings. The summed E-state index contributed by atoms with van der Waals surface area (Å²) in [5, 5.41) is 0. The van der Waals surface area contributed by atoms with E-state index in [2.05, 4.69) is 0 Å². The second-order valence-electron chi connectivity index (χ2n) is 2.05. The lowest BCUT2D eigenvalue weighted by atomic mass is 10.3. The highest BCUT2D eigenvalue weighted by Gasteiger charge is 2.04. The van der Waals surface area contributed by atoms with Crippen molar-refractivity contribution in [1.82, 2.24) is 0 Å². The van der Waals surface area contributed by atoms with Crippen molar-refractivity contribution in [1.29, 1.82) is 0 Å². The van der Waals surface area contributed by atoms with Crippen molar-refractivity contribution in [3.05, 3.63) is 0 Å². The van der Waals surface area contributed by atoms with Gasteiger partial charge in [-0.05, 0) is 13.3 Å². The number of rotatable bonds is 3. The van der Waals surface area contributed by atoms with Crippen molar-refractivity contribution in [2.24, 2.45) is 5.73 Å². The normalized spacial score (nSPS) is 11.6. The van der Waals surface area contributed by atoms with E-state index in [4.69, 9.17) is 10.3 Å². The molecule has 1 unspecified atom stereocenters. The third-order valence-electron chi connectivity index (χ3n) is 0.831. The van der Waals surface area contributed by atoms with Crippen LogP contribution in [0.5, 0.6) is 0 Å². The maximum atomic E-state index is 10.0. The van der Waals surface area contributed by atoms with Crippen LogP contribution in [0.15, 0.2) is 0 Å². The van der Waals surface area contributed by atoms with Crippen molar-refractivity contribution in [2.45, 2.75) is 19.4 Å². The first-order valence-corrected chi connectivity index (χ1v) is 4.23. The van der Waals surface area contributed by atoms with E-state index in [1.54, 1.807) is 6.92 Å². The molecule has 0 aliphatic carbocycles. The van der Waals surface area contributed by atoms with Gasteiger partial charge in [-0.25, -0.2) is 0 Å². The van der Waals surface area contributed by atoms with E-state index in [1.165, 1.54) is 0 Å². The van der Waals surface area contributed by atoms with Crippen molar-refractivity contribution in [3.63, 3.8) is 0 Å². The molecule has 0 bridgehead atoms. The molecule has 0 aromatic rings. The van der Waals surface area contributed by atoms with Gasteiger partial charge in [-0.3, -0.25) is 4.55 Å². The summed E-state index contributed by atoms with van der Waals surface area (Å²) in [6, 6.07) is -0.174. The van der Waals surface area contributed by atoms with Crippen molar-refractivity contribution >= 4 is 10.1 Å². The SMILES string of the molecule is CC(N)CCS(=O)(=O)O.O.O.O. The molecule has 0 saturated carbocycles. The van der Waals surface area contributed by atoms with Gasteiger partial charge < -0.3 is 22.2 Å². The van der Waals surface area contributed by atoms with E-state index >= 15 is 0 Å². The van der Waals surface area contributed by atoms with E-state index < -0.39 is 10.1 Å². The van der Waals surface area contributed by atoms with Gasteiger partial charge in [-0.2, -0.15) is 8.42 Å². The monoisotopic (exact) mass is 207 g/mol. The van der Waals surface area contributed by atoms with Gasteiger partial charge in [0.05, 0.1) is 5.75 Å². The maximum Gasteiger partial charge on any atom is 0.264 e. The van der Waals surface area contributed by atoms with E-state index in [9.17, 15) is 8.42 Å². The van der Waals surface area contributed by atoms with Crippen LogP contribution < -0.4 is 5.73 Å². The Hall–Kier alpha value is -0.250. The van der Waals surface area contributed by atoms with Crippen molar-refractivity contribution in [2.75, 3.05) is 5.75 Å². The molecule has 8 heteroatoms. The van der Waals surface area contributed by atoms with E-state index in [0.29, 0.717) is 6.42 Å². The molecule has 1 atom stereocenters. The molecule has 80 valence electrons. The summed E-state index contributed by atoms with van der Waals surface area (Å²) in [6.07, 6.45) is 0.304. The Kier molecular flexibility index (Phi) is 16.7. The first kappa shape index (κ1) is 22.6. The topological polar surface area (TPSA) is 175 Å². The number of hydrogen-bond donors (Lipinski definition) is 2. The predicted molar refractivity (Wildman–Crippen MR) is 45.5 cm³/mol. The van der Waals surface area contributed by atoms with E-state index in [0.717, 1.165) is 0 Å². The van der Waals surface area contributed by atoms with Crippen LogP contribution in [0.1, 0.15) is 13.3 Å². The molecular formula is C4H17NO6S. The summed E-state index contributed by atoms with van der Waals surface area (Å²) in [5.74, 6) is -0.245. The third-order valence-corrected chi connectivity index (χ3v) is 1.58. The second-order valence-corrected chi connectivity index (χ2v) is 3.62. The lowest BCUT2D eigenvalue weighted by Gasteiger charge is -2.00. The molecule has 0 amide bonds. The van der Waals surface area contributed by atoms with E-state index in [1.807, 2.05) is 0 Å². The molecule has 9 N–H and O–H groups in total. The zero-order chi connectivity index (χ0) is 7.49. The van der Waals surface area contributed by atoms with Gasteiger partial charge in [-0.1, -0.05) is 0 Å². The van der Waals surface area contributed by atoms with Gasteiger partial charge >= 0.3 is 0 Å². The Bertz CT molecular complexity index is 164. The van der Waals surface area contributed by atoms with Crippen LogP contribution in [-0.4, -0.2) is 41.2 Å². The van der Waals surface area contributed by atoms with Crippen LogP contribution in [0.4, 0.5) is 0 Å². The molecule has 0 radical (unpaired) electrons. The summed E-state index contributed by atoms with van der Waals surface area (Å²) in [7, 11) is -3.80. The van der Waals surface area contributed by atoms with Gasteiger partial charge in [0.15, 0.2) is 0 Å². The molecule has 0 aliphatic heterocycles. The predicted octanol–water partition coefficient (Wildman–Crippen LogP) is -2.86. The molecule has 0 aromatic heterocycles. The highest BCUT2D eigenvalue weighted by atomic mass is 32.2. The quantitative estimate of drug-likeness (QED) is 0.473. The molecule has 7 nitrogen and oxygen atoms in total. The summed E-state index contributed by atoms with van der Waals surface area (Å²) in [4.78, 5) is 0. The summed E-state index contributed by atoms with van der Waals surface area (Å²) >= 11 is 0. The second kappa shape index (κ2) is 8.84. The van der Waals surface area contributed by atoms with Crippen molar-refractivity contribution < 1.29 is 29.4 Å². The molecule has 0 aromatic carbocycles. The zero-order valence-electron chi connectivity index (χ0n) is 6.74. The lowest BCUT2D eigenvalue weighted by Crippen LogP contribution is -2.19. The summed E-state index contributed by atoms with van der Waals surface area (Å²) in [5.41, 5.74) is 5.22. The standard InChI is InChI=1S/C4H11NO3S.3H2O/c1-4(5)2-3-9(6,7)8;;;/h4H,2-3,5H2,1H3,(H,6,7,8);3*1H2. The number of hydrogen-bond acceptors (Lipinski definition) is 3. The fraction of sp³-hybridized carbons (Fsp3) is 1.00. The Morgan fingerprint density at radius 3 is 1.75 bits per heavy atom. The highest BCUT2D eigenvalue weighted by Crippen LogP contribution is 1.90. The largest absolute Gasteiger partial charge is 0.412 e. The molecule has 0 spiro atoms. The van der Waals surface area contributed by atoms with Gasteiger partial charge in [0.1, 0.15) is 0 Å².